The van der Waals surface area contributed by atoms with Crippen LogP contribution in [0.15, 0.2) is 55.3 Å². The van der Waals surface area contributed by atoms with Gasteiger partial charge >= 0.3 is 0 Å². The molecule has 2 aromatic heterocycles. The quantitative estimate of drug-likeness (QED) is 0.442. The van der Waals surface area contributed by atoms with E-state index in [4.69, 9.17) is 15.3 Å². The Hall–Kier alpha value is -3.45. The van der Waals surface area contributed by atoms with Crippen LogP contribution in [-0.2, 0) is 19.4 Å². The number of pyridine rings is 1. The standard InChI is InChI=1S/C24H22N4/c1-4-11-28-22-15-26-21-13-18(6-3)17(5-2)12-20(21)23(22)24(27-28)19-9-7-16(14-25)8-10-19/h4,7-10,12-13,15H,1,5-6,11H2,2-3H3. The lowest BCUT2D eigenvalue weighted by Gasteiger charge is -2.09. The van der Waals surface area contributed by atoms with Gasteiger partial charge in [0.15, 0.2) is 0 Å². The van der Waals surface area contributed by atoms with Gasteiger partial charge in [-0.2, -0.15) is 10.4 Å². The maximum Gasteiger partial charge on any atom is 0.101 e. The highest BCUT2D eigenvalue weighted by atomic mass is 15.3. The summed E-state index contributed by atoms with van der Waals surface area (Å²) in [6.45, 7) is 8.86. The van der Waals surface area contributed by atoms with Crippen LogP contribution in [0.1, 0.15) is 30.5 Å². The Morgan fingerprint density at radius 2 is 1.82 bits per heavy atom. The first-order valence-electron chi connectivity index (χ1n) is 9.62. The Labute approximate surface area is 164 Å². The first-order chi connectivity index (χ1) is 13.7. The van der Waals surface area contributed by atoms with Crippen LogP contribution >= 0.6 is 0 Å². The van der Waals surface area contributed by atoms with Crippen LogP contribution in [0, 0.1) is 11.3 Å². The molecule has 0 saturated heterocycles. The summed E-state index contributed by atoms with van der Waals surface area (Å²) in [5.74, 6) is 0. The minimum Gasteiger partial charge on any atom is -0.259 e. The highest BCUT2D eigenvalue weighted by Crippen LogP contribution is 2.34. The number of allylic oxidation sites excluding steroid dienone is 1. The molecule has 0 fully saturated rings. The van der Waals surface area contributed by atoms with E-state index in [0.29, 0.717) is 12.1 Å². The van der Waals surface area contributed by atoms with E-state index in [-0.39, 0.29) is 0 Å². The predicted octanol–water partition coefficient (Wildman–Crippen LogP) is 5.43. The van der Waals surface area contributed by atoms with Crippen molar-refractivity contribution in [3.8, 4) is 17.3 Å². The summed E-state index contributed by atoms with van der Waals surface area (Å²) in [5.41, 5.74) is 7.25. The largest absolute Gasteiger partial charge is 0.259 e. The van der Waals surface area contributed by atoms with Crippen molar-refractivity contribution < 1.29 is 0 Å². The van der Waals surface area contributed by atoms with Crippen molar-refractivity contribution in [3.05, 3.63) is 71.9 Å². The van der Waals surface area contributed by atoms with Crippen LogP contribution in [0.2, 0.25) is 0 Å². The Bertz CT molecular complexity index is 1220. The summed E-state index contributed by atoms with van der Waals surface area (Å²) in [5, 5.41) is 16.2. The van der Waals surface area contributed by atoms with Crippen LogP contribution in [-0.4, -0.2) is 14.8 Å². The van der Waals surface area contributed by atoms with E-state index < -0.39 is 0 Å². The van der Waals surface area contributed by atoms with Crippen LogP contribution in [0.4, 0.5) is 0 Å². The van der Waals surface area contributed by atoms with Gasteiger partial charge in [0.2, 0.25) is 0 Å². The molecule has 0 amide bonds. The van der Waals surface area contributed by atoms with E-state index in [1.807, 2.05) is 41.2 Å². The number of fused-ring (bicyclic) bond motifs is 3. The van der Waals surface area contributed by atoms with Crippen molar-refractivity contribution in [2.45, 2.75) is 33.2 Å². The number of nitrogens with zero attached hydrogens (tertiary/aromatic N) is 4. The monoisotopic (exact) mass is 366 g/mol. The predicted molar refractivity (Wildman–Crippen MR) is 114 cm³/mol. The molecular weight excluding hydrogens is 344 g/mol. The third kappa shape index (κ3) is 2.86. The van der Waals surface area contributed by atoms with Gasteiger partial charge in [0.1, 0.15) is 5.69 Å². The van der Waals surface area contributed by atoms with Gasteiger partial charge in [0.25, 0.3) is 0 Å². The number of nitriles is 1. The third-order valence-electron chi connectivity index (χ3n) is 5.26. The molecule has 0 atom stereocenters. The fraction of sp³-hybridized carbons (Fsp3) is 0.208. The van der Waals surface area contributed by atoms with E-state index in [1.165, 1.54) is 11.1 Å². The van der Waals surface area contributed by atoms with Gasteiger partial charge < -0.3 is 0 Å². The third-order valence-corrected chi connectivity index (χ3v) is 5.26. The fourth-order valence-electron chi connectivity index (χ4n) is 3.81. The molecule has 0 radical (unpaired) electrons. The number of hydrogen-bond donors (Lipinski definition) is 0. The van der Waals surface area contributed by atoms with Crippen LogP contribution in [0.5, 0.6) is 0 Å². The van der Waals surface area contributed by atoms with Gasteiger partial charge in [-0.3, -0.25) is 9.67 Å². The topological polar surface area (TPSA) is 54.5 Å². The molecule has 138 valence electrons. The molecule has 0 spiro atoms. The molecule has 0 aliphatic heterocycles. The first-order valence-corrected chi connectivity index (χ1v) is 9.62. The van der Waals surface area contributed by atoms with Crippen molar-refractivity contribution >= 4 is 21.8 Å². The highest BCUT2D eigenvalue weighted by molar-refractivity contribution is 6.11. The highest BCUT2D eigenvalue weighted by Gasteiger charge is 2.17. The number of benzene rings is 2. The Balaban J connectivity index is 2.08. The second-order valence-corrected chi connectivity index (χ2v) is 6.87. The molecule has 0 bridgehead atoms. The second kappa shape index (κ2) is 7.28. The molecule has 28 heavy (non-hydrogen) atoms. The Kier molecular flexibility index (Phi) is 4.67. The number of aromatic nitrogens is 3. The summed E-state index contributed by atoms with van der Waals surface area (Å²) in [6, 6.07) is 14.3. The van der Waals surface area contributed by atoms with Crippen LogP contribution < -0.4 is 0 Å². The lowest BCUT2D eigenvalue weighted by Crippen LogP contribution is -1.97. The van der Waals surface area contributed by atoms with Crippen LogP contribution in [0.25, 0.3) is 33.1 Å². The summed E-state index contributed by atoms with van der Waals surface area (Å²) < 4.78 is 1.95. The molecule has 4 aromatic rings. The molecular formula is C24H22N4. The zero-order valence-corrected chi connectivity index (χ0v) is 16.2. The molecule has 4 heteroatoms. The van der Waals surface area contributed by atoms with Gasteiger partial charge in [0.05, 0.1) is 35.4 Å². The summed E-state index contributed by atoms with van der Waals surface area (Å²) in [7, 11) is 0. The fourth-order valence-corrected chi connectivity index (χ4v) is 3.81. The van der Waals surface area contributed by atoms with E-state index in [9.17, 15) is 0 Å². The number of aryl methyl sites for hydroxylation is 2. The summed E-state index contributed by atoms with van der Waals surface area (Å²) in [6.07, 6.45) is 5.74. The lowest BCUT2D eigenvalue weighted by atomic mass is 9.97. The average molecular weight is 366 g/mol. The Morgan fingerprint density at radius 3 is 2.46 bits per heavy atom. The van der Waals surface area contributed by atoms with Crippen LogP contribution in [0.3, 0.4) is 0 Å². The zero-order chi connectivity index (χ0) is 19.7. The van der Waals surface area contributed by atoms with Crippen molar-refractivity contribution in [1.29, 1.82) is 5.26 Å². The van der Waals surface area contributed by atoms with Crippen molar-refractivity contribution in [1.82, 2.24) is 14.8 Å². The smallest absolute Gasteiger partial charge is 0.101 e. The maximum atomic E-state index is 9.10. The van der Waals surface area contributed by atoms with Crippen molar-refractivity contribution in [3.63, 3.8) is 0 Å². The zero-order valence-electron chi connectivity index (χ0n) is 16.2. The molecule has 0 N–H and O–H groups in total. The minimum atomic E-state index is 0.619. The van der Waals surface area contributed by atoms with Gasteiger partial charge in [-0.05, 0) is 48.2 Å². The van der Waals surface area contributed by atoms with Crippen molar-refractivity contribution in [2.24, 2.45) is 0 Å². The Morgan fingerprint density at radius 1 is 1.11 bits per heavy atom. The van der Waals surface area contributed by atoms with E-state index in [2.05, 4.69) is 38.6 Å². The van der Waals surface area contributed by atoms with Gasteiger partial charge in [-0.1, -0.05) is 32.1 Å². The van der Waals surface area contributed by atoms with E-state index in [1.54, 1.807) is 0 Å². The second-order valence-electron chi connectivity index (χ2n) is 6.87. The first kappa shape index (κ1) is 17.9. The number of hydrogen-bond acceptors (Lipinski definition) is 3. The molecule has 0 unspecified atom stereocenters. The molecule has 4 rings (SSSR count). The van der Waals surface area contributed by atoms with Crippen molar-refractivity contribution in [2.75, 3.05) is 0 Å². The van der Waals surface area contributed by atoms with E-state index >= 15 is 0 Å². The maximum absolute atomic E-state index is 9.10. The SMILES string of the molecule is C=CCn1nc(-c2ccc(C#N)cc2)c2c3cc(CC)c(CC)cc3ncc21. The molecule has 2 heterocycles. The molecule has 0 aliphatic carbocycles. The van der Waals surface area contributed by atoms with Gasteiger partial charge in [-0.25, -0.2) is 0 Å². The minimum absolute atomic E-state index is 0.619. The average Bonchev–Trinajstić information content (AvgIpc) is 3.11. The number of rotatable bonds is 5. The lowest BCUT2D eigenvalue weighted by molar-refractivity contribution is 0.731. The summed E-state index contributed by atoms with van der Waals surface area (Å²) >= 11 is 0. The molecule has 0 saturated carbocycles. The normalized spacial score (nSPS) is 11.0. The summed E-state index contributed by atoms with van der Waals surface area (Å²) in [4.78, 5) is 4.73. The van der Waals surface area contributed by atoms with Gasteiger partial charge in [-0.15, -0.1) is 6.58 Å². The van der Waals surface area contributed by atoms with Gasteiger partial charge in [0, 0.05) is 16.3 Å². The molecule has 4 nitrogen and oxygen atoms in total. The molecule has 0 aliphatic rings. The molecule has 2 aromatic carbocycles. The van der Waals surface area contributed by atoms with E-state index in [0.717, 1.165) is 45.9 Å².